The fourth-order valence-electron chi connectivity index (χ4n) is 6.64. The fourth-order valence-corrected chi connectivity index (χ4v) is 6.64. The predicted octanol–water partition coefficient (Wildman–Crippen LogP) is -0.585. The summed E-state index contributed by atoms with van der Waals surface area (Å²) in [5, 5.41) is 59.9. The summed E-state index contributed by atoms with van der Waals surface area (Å²) >= 11 is 0. The van der Waals surface area contributed by atoms with Gasteiger partial charge in [0.05, 0.1) is 18.6 Å². The van der Waals surface area contributed by atoms with E-state index in [1.54, 1.807) is 49.9 Å². The van der Waals surface area contributed by atoms with Gasteiger partial charge in [0.1, 0.15) is 55.1 Å². The first-order chi connectivity index (χ1) is 26.6. The Hall–Kier alpha value is -3.46. The van der Waals surface area contributed by atoms with Crippen LogP contribution in [0.25, 0.3) is 0 Å². The van der Waals surface area contributed by atoms with Crippen molar-refractivity contribution in [1.29, 1.82) is 0 Å². The summed E-state index contributed by atoms with van der Waals surface area (Å²) in [5.41, 5.74) is 0.724. The minimum Gasteiger partial charge on any atom is -0.463 e. The van der Waals surface area contributed by atoms with Crippen molar-refractivity contribution < 1.29 is 73.1 Å². The number of aliphatic hydroxyl groups is 5. The number of nitrogens with zero attached hydrogens (tertiary/aromatic N) is 1. The zero-order valence-electron chi connectivity index (χ0n) is 32.7. The van der Waals surface area contributed by atoms with Gasteiger partial charge in [-0.1, -0.05) is 32.9 Å². The number of esters is 2. The number of rotatable bonds is 11. The number of benzene rings is 1. The van der Waals surface area contributed by atoms with Crippen LogP contribution < -0.4 is 15.4 Å². The van der Waals surface area contributed by atoms with Crippen molar-refractivity contribution >= 4 is 23.8 Å². The summed E-state index contributed by atoms with van der Waals surface area (Å²) < 4.78 is 34.3. The van der Waals surface area contributed by atoms with Gasteiger partial charge in [0.2, 0.25) is 18.1 Å². The molecule has 1 aromatic carbocycles. The van der Waals surface area contributed by atoms with E-state index in [-0.39, 0.29) is 30.5 Å². The second-order valence-electron chi connectivity index (χ2n) is 14.6. The van der Waals surface area contributed by atoms with Crippen LogP contribution >= 0.6 is 0 Å². The van der Waals surface area contributed by atoms with E-state index in [1.165, 1.54) is 13.8 Å². The first kappa shape index (κ1) is 45.2. The molecular formula is C38H59N3O15. The Bertz CT molecular complexity index is 1440. The van der Waals surface area contributed by atoms with Gasteiger partial charge in [-0.2, -0.15) is 0 Å². The van der Waals surface area contributed by atoms with E-state index in [1.807, 2.05) is 0 Å². The summed E-state index contributed by atoms with van der Waals surface area (Å²) in [6.45, 7) is 8.98. The van der Waals surface area contributed by atoms with Crippen LogP contribution in [0.15, 0.2) is 24.3 Å². The molecule has 3 aliphatic heterocycles. The van der Waals surface area contributed by atoms with Crippen molar-refractivity contribution in [3.05, 3.63) is 29.8 Å². The van der Waals surface area contributed by atoms with Gasteiger partial charge in [-0.15, -0.1) is 0 Å². The van der Waals surface area contributed by atoms with Crippen LogP contribution in [-0.4, -0.2) is 154 Å². The highest BCUT2D eigenvalue weighted by atomic mass is 16.8. The highest BCUT2D eigenvalue weighted by Gasteiger charge is 2.51. The minimum atomic E-state index is -1.81. The van der Waals surface area contributed by atoms with Crippen LogP contribution in [0.2, 0.25) is 0 Å². The predicted molar refractivity (Wildman–Crippen MR) is 195 cm³/mol. The smallest absolute Gasteiger partial charge is 0.308 e. The summed E-state index contributed by atoms with van der Waals surface area (Å²) in [6, 6.07) is 6.23. The van der Waals surface area contributed by atoms with E-state index in [4.69, 9.17) is 28.4 Å². The summed E-state index contributed by atoms with van der Waals surface area (Å²) in [5.74, 6) is -1.44. The highest BCUT2D eigenvalue weighted by molar-refractivity contribution is 5.77. The van der Waals surface area contributed by atoms with Crippen LogP contribution in [0, 0.1) is 5.92 Å². The molecule has 1 aromatic rings. The number of nitrogens with one attached hydrogen (secondary N) is 2. The van der Waals surface area contributed by atoms with Gasteiger partial charge in [0.25, 0.3) is 0 Å². The number of hydrogen-bond acceptors (Lipinski definition) is 16. The van der Waals surface area contributed by atoms with Crippen molar-refractivity contribution in [3.63, 3.8) is 0 Å². The van der Waals surface area contributed by atoms with Gasteiger partial charge < -0.3 is 69.5 Å². The third-order valence-corrected chi connectivity index (χ3v) is 10.3. The average Bonchev–Trinajstić information content (AvgIpc) is 3.19. The Morgan fingerprint density at radius 1 is 0.946 bits per heavy atom. The molecule has 13 atom stereocenters. The lowest BCUT2D eigenvalue weighted by atomic mass is 9.97. The van der Waals surface area contributed by atoms with Gasteiger partial charge in [-0.3, -0.25) is 19.2 Å². The molecule has 3 heterocycles. The minimum absolute atomic E-state index is 0.0722. The zero-order valence-corrected chi connectivity index (χ0v) is 32.7. The van der Waals surface area contributed by atoms with E-state index in [0.29, 0.717) is 45.3 Å². The molecule has 3 aliphatic rings. The first-order valence-electron chi connectivity index (χ1n) is 19.4. The topological polar surface area (TPSA) is 252 Å². The van der Waals surface area contributed by atoms with Crippen molar-refractivity contribution in [2.24, 2.45) is 5.92 Å². The SMILES string of the molecule is CCC(=O)N1CCCNC(=O)CC(c2ccc(O[C@@H]3O[C@@H](C)[C@H](O)[C@@H](O)[C@H]3O[C@@H]3O[C@H](COC(=O)[C@@H](C)CC)[C@@H](O)[C@H](O)[C@H]3O)cc2)NCC[C@@H](OC(C)=O)C1. The number of carbonyl (C=O) groups is 4. The molecule has 3 saturated heterocycles. The van der Waals surface area contributed by atoms with Gasteiger partial charge >= 0.3 is 11.9 Å². The summed E-state index contributed by atoms with van der Waals surface area (Å²) in [7, 11) is 0. The number of carbonyl (C=O) groups excluding carboxylic acids is 4. The van der Waals surface area contributed by atoms with Gasteiger partial charge in [-0.05, 0) is 50.4 Å². The number of aliphatic hydroxyl groups excluding tert-OH is 5. The standard InChI is InChI=1S/C38H59N3O15/c1-6-20(3)36(50)51-19-27-31(46)32(47)34(49)37(55-27)56-35-33(48)30(45)21(4)52-38(35)54-24-11-9-23(10-12-24)26-17-28(43)40-14-8-16-41(29(44)7-2)18-25(13-15-39-26)53-22(5)42/h9-12,20-21,25-27,30-35,37-39,45-49H,6-8,13-19H2,1-5H3,(H,40,43)/t20-,21-,25+,26?,27+,30-,31+,32-,33+,34+,35+,37-,38-/m0/s1. The molecule has 0 aliphatic carbocycles. The molecule has 0 aromatic heterocycles. The van der Waals surface area contributed by atoms with Crippen LogP contribution in [0.1, 0.15) is 78.3 Å². The van der Waals surface area contributed by atoms with Crippen LogP contribution in [0.5, 0.6) is 5.75 Å². The molecule has 1 unspecified atom stereocenters. The van der Waals surface area contributed by atoms with Crippen molar-refractivity contribution in [1.82, 2.24) is 15.5 Å². The quantitative estimate of drug-likeness (QED) is 0.138. The van der Waals surface area contributed by atoms with E-state index in [0.717, 1.165) is 5.56 Å². The van der Waals surface area contributed by atoms with Crippen molar-refractivity contribution in [2.75, 3.05) is 32.8 Å². The lowest BCUT2D eigenvalue weighted by Gasteiger charge is -2.45. The third kappa shape index (κ3) is 12.3. The molecule has 3 fully saturated rings. The molecule has 56 heavy (non-hydrogen) atoms. The molecule has 0 saturated carbocycles. The Balaban J connectivity index is 1.47. The van der Waals surface area contributed by atoms with E-state index < -0.39 is 98.0 Å². The molecule has 2 amide bonds. The molecular weight excluding hydrogens is 738 g/mol. The molecule has 4 rings (SSSR count). The average molecular weight is 798 g/mol. The number of ether oxygens (including phenoxy) is 6. The Morgan fingerprint density at radius 3 is 2.32 bits per heavy atom. The van der Waals surface area contributed by atoms with E-state index in [9.17, 15) is 44.7 Å². The van der Waals surface area contributed by atoms with Crippen LogP contribution in [-0.2, 0) is 42.9 Å². The molecule has 0 spiro atoms. The van der Waals surface area contributed by atoms with Crippen LogP contribution in [0.3, 0.4) is 0 Å². The highest BCUT2D eigenvalue weighted by Crippen LogP contribution is 2.31. The molecule has 0 radical (unpaired) electrons. The van der Waals surface area contributed by atoms with Gasteiger partial charge in [-0.25, -0.2) is 0 Å². The second-order valence-corrected chi connectivity index (χ2v) is 14.6. The maximum absolute atomic E-state index is 13.0. The lowest BCUT2D eigenvalue weighted by molar-refractivity contribution is -0.355. The van der Waals surface area contributed by atoms with Gasteiger partial charge in [0, 0.05) is 38.9 Å². The van der Waals surface area contributed by atoms with E-state index in [2.05, 4.69) is 10.6 Å². The third-order valence-electron chi connectivity index (χ3n) is 10.3. The largest absolute Gasteiger partial charge is 0.463 e. The summed E-state index contributed by atoms with van der Waals surface area (Å²) in [6.07, 6.45) is -13.8. The van der Waals surface area contributed by atoms with E-state index >= 15 is 0 Å². The van der Waals surface area contributed by atoms with Crippen molar-refractivity contribution in [3.8, 4) is 5.75 Å². The van der Waals surface area contributed by atoms with Crippen molar-refractivity contribution in [2.45, 2.75) is 140 Å². The lowest BCUT2D eigenvalue weighted by Crippen LogP contribution is -2.64. The maximum Gasteiger partial charge on any atom is 0.308 e. The summed E-state index contributed by atoms with van der Waals surface area (Å²) in [4.78, 5) is 51.4. The fraction of sp³-hybridized carbons (Fsp3) is 0.737. The number of hydrogen-bond donors (Lipinski definition) is 7. The normalized spacial score (nSPS) is 34.1. The molecule has 18 nitrogen and oxygen atoms in total. The molecule has 316 valence electrons. The Labute approximate surface area is 326 Å². The second kappa shape index (κ2) is 21.3. The zero-order chi connectivity index (χ0) is 41.1. The van der Waals surface area contributed by atoms with Crippen LogP contribution in [0.4, 0.5) is 0 Å². The molecule has 0 bridgehead atoms. The Morgan fingerprint density at radius 2 is 1.66 bits per heavy atom. The Kier molecular flexibility index (Phi) is 17.2. The molecule has 7 N–H and O–H groups in total. The first-order valence-corrected chi connectivity index (χ1v) is 19.4. The molecule has 18 heteroatoms. The van der Waals surface area contributed by atoms with Gasteiger partial charge in [0.15, 0.2) is 12.4 Å². The monoisotopic (exact) mass is 797 g/mol. The number of amides is 2. The maximum atomic E-state index is 13.0.